The molecule has 2 aromatic carbocycles. The molecule has 112 valence electrons. The molecule has 0 N–H and O–H groups in total. The monoisotopic (exact) mass is 306 g/mol. The topological polar surface area (TPSA) is 27.7 Å². The summed E-state index contributed by atoms with van der Waals surface area (Å²) in [5.41, 5.74) is 2.16. The molecule has 0 bridgehead atoms. The van der Waals surface area contributed by atoms with Gasteiger partial charge in [-0.3, -0.25) is 0 Å². The van der Waals surface area contributed by atoms with Crippen LogP contribution in [0.3, 0.4) is 0 Å². The lowest BCUT2D eigenvalue weighted by Gasteiger charge is -2.14. The molecule has 0 aromatic heterocycles. The maximum Gasteiger partial charge on any atom is 0.161 e. The van der Waals surface area contributed by atoms with E-state index in [4.69, 9.17) is 25.8 Å². The SMILES string of the molecule is COc1ccc(CC(Cl)c2ccc(OC)c(OC)c2)cc1. The van der Waals surface area contributed by atoms with Crippen LogP contribution < -0.4 is 14.2 Å². The van der Waals surface area contributed by atoms with Gasteiger partial charge in [0.05, 0.1) is 26.7 Å². The van der Waals surface area contributed by atoms with Crippen molar-refractivity contribution in [1.82, 2.24) is 0 Å². The first-order chi connectivity index (χ1) is 10.2. The number of methoxy groups -OCH3 is 3. The van der Waals surface area contributed by atoms with Crippen LogP contribution in [0.1, 0.15) is 16.5 Å². The fourth-order valence-corrected chi connectivity index (χ4v) is 2.45. The molecule has 0 amide bonds. The summed E-state index contributed by atoms with van der Waals surface area (Å²) >= 11 is 6.51. The van der Waals surface area contributed by atoms with E-state index in [1.165, 1.54) is 0 Å². The van der Waals surface area contributed by atoms with Crippen molar-refractivity contribution in [2.24, 2.45) is 0 Å². The summed E-state index contributed by atoms with van der Waals surface area (Å²) in [6, 6.07) is 13.7. The Morgan fingerprint density at radius 2 is 1.52 bits per heavy atom. The number of hydrogen-bond donors (Lipinski definition) is 0. The van der Waals surface area contributed by atoms with Crippen LogP contribution in [0, 0.1) is 0 Å². The Balaban J connectivity index is 2.13. The lowest BCUT2D eigenvalue weighted by molar-refractivity contribution is 0.354. The van der Waals surface area contributed by atoms with Gasteiger partial charge in [-0.2, -0.15) is 0 Å². The summed E-state index contributed by atoms with van der Waals surface area (Å²) in [6.45, 7) is 0. The number of rotatable bonds is 6. The van der Waals surface area contributed by atoms with Crippen LogP contribution in [0.25, 0.3) is 0 Å². The van der Waals surface area contributed by atoms with Gasteiger partial charge < -0.3 is 14.2 Å². The summed E-state index contributed by atoms with van der Waals surface area (Å²) in [4.78, 5) is 0. The number of benzene rings is 2. The Kier molecular flexibility index (Phi) is 5.34. The van der Waals surface area contributed by atoms with E-state index in [0.717, 1.165) is 23.3 Å². The normalized spacial score (nSPS) is 11.8. The van der Waals surface area contributed by atoms with Crippen LogP contribution in [0.2, 0.25) is 0 Å². The largest absolute Gasteiger partial charge is 0.497 e. The Hall–Kier alpha value is -1.87. The van der Waals surface area contributed by atoms with E-state index in [1.54, 1.807) is 21.3 Å². The first kappa shape index (κ1) is 15.5. The minimum absolute atomic E-state index is 0.127. The van der Waals surface area contributed by atoms with Gasteiger partial charge in [-0.25, -0.2) is 0 Å². The molecule has 0 saturated heterocycles. The predicted octanol–water partition coefficient (Wildman–Crippen LogP) is 4.24. The minimum atomic E-state index is -0.127. The first-order valence-electron chi connectivity index (χ1n) is 6.67. The van der Waals surface area contributed by atoms with Gasteiger partial charge in [0.2, 0.25) is 0 Å². The average Bonchev–Trinajstić information content (AvgIpc) is 2.54. The van der Waals surface area contributed by atoms with Crippen LogP contribution in [0.5, 0.6) is 17.2 Å². The molecule has 0 aliphatic carbocycles. The molecule has 21 heavy (non-hydrogen) atoms. The molecule has 2 aromatic rings. The van der Waals surface area contributed by atoms with Gasteiger partial charge in [-0.15, -0.1) is 11.6 Å². The van der Waals surface area contributed by atoms with Crippen molar-refractivity contribution in [2.45, 2.75) is 11.8 Å². The summed E-state index contributed by atoms with van der Waals surface area (Å²) in [6.07, 6.45) is 0.737. The molecule has 0 heterocycles. The van der Waals surface area contributed by atoms with Gasteiger partial charge in [0.15, 0.2) is 11.5 Å². The maximum atomic E-state index is 6.51. The van der Waals surface area contributed by atoms with E-state index in [2.05, 4.69) is 0 Å². The number of halogens is 1. The fraction of sp³-hybridized carbons (Fsp3) is 0.294. The third kappa shape index (κ3) is 3.82. The van der Waals surface area contributed by atoms with Gasteiger partial charge >= 0.3 is 0 Å². The highest BCUT2D eigenvalue weighted by atomic mass is 35.5. The second kappa shape index (κ2) is 7.23. The third-order valence-electron chi connectivity index (χ3n) is 3.34. The van der Waals surface area contributed by atoms with Crippen LogP contribution >= 0.6 is 11.6 Å². The van der Waals surface area contributed by atoms with Crippen molar-refractivity contribution < 1.29 is 14.2 Å². The molecule has 0 spiro atoms. The van der Waals surface area contributed by atoms with Crippen molar-refractivity contribution in [3.05, 3.63) is 53.6 Å². The van der Waals surface area contributed by atoms with E-state index < -0.39 is 0 Å². The highest BCUT2D eigenvalue weighted by molar-refractivity contribution is 6.21. The molecule has 0 saturated carbocycles. The molecule has 3 nitrogen and oxygen atoms in total. The van der Waals surface area contributed by atoms with E-state index in [0.29, 0.717) is 11.5 Å². The van der Waals surface area contributed by atoms with Gasteiger partial charge in [-0.1, -0.05) is 18.2 Å². The van der Waals surface area contributed by atoms with Crippen LogP contribution in [0.4, 0.5) is 0 Å². The molecule has 2 rings (SSSR count). The van der Waals surface area contributed by atoms with E-state index in [9.17, 15) is 0 Å². The zero-order chi connectivity index (χ0) is 15.2. The molecule has 4 heteroatoms. The fourth-order valence-electron chi connectivity index (χ4n) is 2.13. The predicted molar refractivity (Wildman–Crippen MR) is 84.8 cm³/mol. The number of alkyl halides is 1. The lowest BCUT2D eigenvalue weighted by Crippen LogP contribution is -1.98. The Morgan fingerprint density at radius 3 is 2.10 bits per heavy atom. The zero-order valence-corrected chi connectivity index (χ0v) is 13.2. The number of hydrogen-bond acceptors (Lipinski definition) is 3. The minimum Gasteiger partial charge on any atom is -0.497 e. The van der Waals surface area contributed by atoms with Gasteiger partial charge in [0, 0.05) is 0 Å². The first-order valence-corrected chi connectivity index (χ1v) is 7.10. The Labute approximate surface area is 130 Å². The third-order valence-corrected chi connectivity index (χ3v) is 3.75. The van der Waals surface area contributed by atoms with Crippen molar-refractivity contribution in [3.63, 3.8) is 0 Å². The van der Waals surface area contributed by atoms with Crippen molar-refractivity contribution >= 4 is 11.6 Å². The van der Waals surface area contributed by atoms with Crippen molar-refractivity contribution in [3.8, 4) is 17.2 Å². The summed E-state index contributed by atoms with van der Waals surface area (Å²) in [5, 5.41) is -0.127. The molecule has 1 atom stereocenters. The Bertz CT molecular complexity index is 581. The van der Waals surface area contributed by atoms with Crippen molar-refractivity contribution in [2.75, 3.05) is 21.3 Å². The van der Waals surface area contributed by atoms with Crippen LogP contribution in [0.15, 0.2) is 42.5 Å². The van der Waals surface area contributed by atoms with Gasteiger partial charge in [-0.05, 0) is 41.8 Å². The van der Waals surface area contributed by atoms with Crippen LogP contribution in [-0.2, 0) is 6.42 Å². The molecular formula is C17H19ClO3. The van der Waals surface area contributed by atoms with Crippen molar-refractivity contribution in [1.29, 1.82) is 0 Å². The van der Waals surface area contributed by atoms with Crippen LogP contribution in [-0.4, -0.2) is 21.3 Å². The molecule has 0 aliphatic heterocycles. The average molecular weight is 307 g/mol. The summed E-state index contributed by atoms with van der Waals surface area (Å²) < 4.78 is 15.7. The second-order valence-corrected chi connectivity index (χ2v) is 5.16. The smallest absolute Gasteiger partial charge is 0.161 e. The molecular weight excluding hydrogens is 288 g/mol. The van der Waals surface area contributed by atoms with Gasteiger partial charge in [0.25, 0.3) is 0 Å². The standard InChI is InChI=1S/C17H19ClO3/c1-19-14-7-4-12(5-8-14)10-15(18)13-6-9-16(20-2)17(11-13)21-3/h4-9,11,15H,10H2,1-3H3. The molecule has 0 radical (unpaired) electrons. The van der Waals surface area contributed by atoms with Gasteiger partial charge in [0.1, 0.15) is 5.75 Å². The quantitative estimate of drug-likeness (QED) is 0.747. The highest BCUT2D eigenvalue weighted by Gasteiger charge is 2.12. The molecule has 0 fully saturated rings. The molecule has 0 aliphatic rings. The zero-order valence-electron chi connectivity index (χ0n) is 12.4. The molecule has 1 unspecified atom stereocenters. The highest BCUT2D eigenvalue weighted by Crippen LogP contribution is 2.33. The summed E-state index contributed by atoms with van der Waals surface area (Å²) in [5.74, 6) is 2.24. The van der Waals surface area contributed by atoms with E-state index >= 15 is 0 Å². The lowest BCUT2D eigenvalue weighted by atomic mass is 10.0. The summed E-state index contributed by atoms with van der Waals surface area (Å²) in [7, 11) is 4.89. The second-order valence-electron chi connectivity index (χ2n) is 4.63. The Morgan fingerprint density at radius 1 is 0.857 bits per heavy atom. The van der Waals surface area contributed by atoms with E-state index in [-0.39, 0.29) is 5.38 Å². The maximum absolute atomic E-state index is 6.51. The number of ether oxygens (including phenoxy) is 3. The van der Waals surface area contributed by atoms with E-state index in [1.807, 2.05) is 42.5 Å².